The minimum atomic E-state index is -0.583. The Morgan fingerprint density at radius 2 is 1.64 bits per heavy atom. The number of nitrogens with one attached hydrogen (secondary N) is 3. The van der Waals surface area contributed by atoms with Crippen LogP contribution in [0.1, 0.15) is 37.6 Å². The second-order valence-electron chi connectivity index (χ2n) is 7.00. The van der Waals surface area contributed by atoms with Gasteiger partial charge in [-0.2, -0.15) is 0 Å². The molecule has 0 saturated heterocycles. The number of benzene rings is 1. The molecule has 0 aliphatic heterocycles. The molecular weight excluding hydrogens is 360 g/mol. The third-order valence-corrected chi connectivity index (χ3v) is 3.37. The number of anilines is 2. The van der Waals surface area contributed by atoms with Crippen LogP contribution in [-0.2, 0) is 9.53 Å². The van der Waals surface area contributed by atoms with E-state index in [4.69, 9.17) is 4.74 Å². The first-order valence-corrected chi connectivity index (χ1v) is 8.81. The minimum Gasteiger partial charge on any atom is -0.444 e. The summed E-state index contributed by atoms with van der Waals surface area (Å²) >= 11 is 0. The van der Waals surface area contributed by atoms with E-state index in [-0.39, 0.29) is 24.8 Å². The lowest BCUT2D eigenvalue weighted by Crippen LogP contribution is -2.34. The summed E-state index contributed by atoms with van der Waals surface area (Å²) in [7, 11) is 0. The number of hydrogen-bond donors (Lipinski definition) is 3. The van der Waals surface area contributed by atoms with Gasteiger partial charge in [0.05, 0.1) is 5.56 Å². The molecule has 0 fully saturated rings. The van der Waals surface area contributed by atoms with Crippen LogP contribution in [0.2, 0.25) is 0 Å². The predicted molar refractivity (Wildman–Crippen MR) is 106 cm³/mol. The lowest BCUT2D eigenvalue weighted by atomic mass is 10.2. The molecule has 2 aromatic rings. The van der Waals surface area contributed by atoms with Gasteiger partial charge >= 0.3 is 6.09 Å². The Bertz CT molecular complexity index is 814. The van der Waals surface area contributed by atoms with Crippen molar-refractivity contribution < 1.29 is 19.1 Å². The lowest BCUT2D eigenvalue weighted by Gasteiger charge is -2.19. The van der Waals surface area contributed by atoms with E-state index in [1.807, 2.05) is 0 Å². The van der Waals surface area contributed by atoms with Crippen LogP contribution in [-0.4, -0.2) is 35.0 Å². The SMILES string of the molecule is CC(C)(C)OC(=O)NCCC(=O)Nc1ccc(NC(=O)c2cccnc2)cc1. The Balaban J connectivity index is 1.76. The average molecular weight is 384 g/mol. The molecule has 3 N–H and O–H groups in total. The predicted octanol–water partition coefficient (Wildman–Crippen LogP) is 3.19. The molecule has 3 amide bonds. The molecule has 0 bridgehead atoms. The maximum Gasteiger partial charge on any atom is 0.407 e. The highest BCUT2D eigenvalue weighted by Crippen LogP contribution is 2.15. The van der Waals surface area contributed by atoms with E-state index in [1.165, 1.54) is 6.20 Å². The maximum atomic E-state index is 12.1. The number of alkyl carbamates (subject to hydrolysis) is 1. The summed E-state index contributed by atoms with van der Waals surface area (Å²) in [6, 6.07) is 10.1. The highest BCUT2D eigenvalue weighted by Gasteiger charge is 2.15. The van der Waals surface area contributed by atoms with E-state index < -0.39 is 11.7 Å². The Labute approximate surface area is 163 Å². The van der Waals surface area contributed by atoms with Crippen LogP contribution in [0.3, 0.4) is 0 Å². The first-order valence-electron chi connectivity index (χ1n) is 8.81. The van der Waals surface area contributed by atoms with E-state index in [0.717, 1.165) is 0 Å². The summed E-state index contributed by atoms with van der Waals surface area (Å²) in [5, 5.41) is 8.00. The number of aromatic nitrogens is 1. The van der Waals surface area contributed by atoms with Gasteiger partial charge in [-0.1, -0.05) is 0 Å². The van der Waals surface area contributed by atoms with Crippen molar-refractivity contribution in [2.45, 2.75) is 32.8 Å². The van der Waals surface area contributed by atoms with E-state index in [2.05, 4.69) is 20.9 Å². The quantitative estimate of drug-likeness (QED) is 0.709. The van der Waals surface area contributed by atoms with E-state index in [0.29, 0.717) is 16.9 Å². The Morgan fingerprint density at radius 3 is 2.21 bits per heavy atom. The first-order chi connectivity index (χ1) is 13.2. The molecule has 2 rings (SSSR count). The van der Waals surface area contributed by atoms with Crippen LogP contribution in [0.5, 0.6) is 0 Å². The lowest BCUT2D eigenvalue weighted by molar-refractivity contribution is -0.116. The maximum absolute atomic E-state index is 12.1. The average Bonchev–Trinajstić information content (AvgIpc) is 2.62. The fourth-order valence-electron chi connectivity index (χ4n) is 2.15. The number of amides is 3. The molecule has 8 heteroatoms. The molecule has 0 spiro atoms. The molecule has 0 radical (unpaired) electrons. The van der Waals surface area contributed by atoms with Crippen LogP contribution in [0.4, 0.5) is 16.2 Å². The second kappa shape index (κ2) is 9.50. The van der Waals surface area contributed by atoms with Crippen LogP contribution in [0.25, 0.3) is 0 Å². The Kier molecular flexibility index (Phi) is 7.08. The molecule has 8 nitrogen and oxygen atoms in total. The molecule has 148 valence electrons. The number of ether oxygens (including phenoxy) is 1. The molecule has 0 aliphatic carbocycles. The fourth-order valence-corrected chi connectivity index (χ4v) is 2.15. The van der Waals surface area contributed by atoms with Crippen molar-refractivity contribution in [3.8, 4) is 0 Å². The minimum absolute atomic E-state index is 0.110. The molecule has 1 aromatic carbocycles. The monoisotopic (exact) mass is 384 g/mol. The van der Waals surface area contributed by atoms with Crippen LogP contribution in [0, 0.1) is 0 Å². The van der Waals surface area contributed by atoms with Gasteiger partial charge < -0.3 is 20.7 Å². The van der Waals surface area contributed by atoms with Gasteiger partial charge in [-0.05, 0) is 57.2 Å². The zero-order chi connectivity index (χ0) is 20.6. The largest absolute Gasteiger partial charge is 0.444 e. The van der Waals surface area contributed by atoms with Crippen molar-refractivity contribution in [2.24, 2.45) is 0 Å². The van der Waals surface area contributed by atoms with Gasteiger partial charge in [-0.15, -0.1) is 0 Å². The van der Waals surface area contributed by atoms with Gasteiger partial charge in [0.1, 0.15) is 5.60 Å². The third kappa shape index (κ3) is 7.45. The Hall–Kier alpha value is -3.42. The second-order valence-corrected chi connectivity index (χ2v) is 7.00. The van der Waals surface area contributed by atoms with Crippen LogP contribution < -0.4 is 16.0 Å². The molecule has 0 aliphatic rings. The summed E-state index contributed by atoms with van der Waals surface area (Å²) in [6.45, 7) is 5.46. The van der Waals surface area contributed by atoms with Gasteiger partial charge in [0.2, 0.25) is 5.91 Å². The zero-order valence-corrected chi connectivity index (χ0v) is 16.1. The molecule has 1 aromatic heterocycles. The number of nitrogens with zero attached hydrogens (tertiary/aromatic N) is 1. The standard InChI is InChI=1S/C20H24N4O4/c1-20(2,3)28-19(27)22-12-10-17(25)23-15-6-8-16(9-7-15)24-18(26)14-5-4-11-21-13-14/h4-9,11,13H,10,12H2,1-3H3,(H,22,27)(H,23,25)(H,24,26). The zero-order valence-electron chi connectivity index (χ0n) is 16.1. The van der Waals surface area contributed by atoms with Crippen LogP contribution >= 0.6 is 0 Å². The Morgan fingerprint density at radius 1 is 1.00 bits per heavy atom. The summed E-state index contributed by atoms with van der Waals surface area (Å²) in [4.78, 5) is 39.4. The number of pyridine rings is 1. The summed E-state index contributed by atoms with van der Waals surface area (Å²) in [5.41, 5.74) is 1.05. The van der Waals surface area contributed by atoms with E-state index >= 15 is 0 Å². The van der Waals surface area contributed by atoms with Crippen molar-refractivity contribution >= 4 is 29.3 Å². The van der Waals surface area contributed by atoms with Crippen molar-refractivity contribution in [3.05, 3.63) is 54.4 Å². The molecular formula is C20H24N4O4. The number of carbonyl (C=O) groups excluding carboxylic acids is 3. The highest BCUT2D eigenvalue weighted by molar-refractivity contribution is 6.04. The van der Waals surface area contributed by atoms with E-state index in [1.54, 1.807) is 63.4 Å². The van der Waals surface area contributed by atoms with Gasteiger partial charge in [0, 0.05) is 36.7 Å². The molecule has 1 heterocycles. The van der Waals surface area contributed by atoms with Gasteiger partial charge in [0.25, 0.3) is 5.91 Å². The third-order valence-electron chi connectivity index (χ3n) is 3.37. The highest BCUT2D eigenvalue weighted by atomic mass is 16.6. The summed E-state index contributed by atoms with van der Waals surface area (Å²) in [6.07, 6.45) is 2.62. The van der Waals surface area contributed by atoms with Crippen molar-refractivity contribution in [2.75, 3.05) is 17.2 Å². The van der Waals surface area contributed by atoms with E-state index in [9.17, 15) is 14.4 Å². The van der Waals surface area contributed by atoms with Crippen molar-refractivity contribution in [1.82, 2.24) is 10.3 Å². The number of hydrogen-bond acceptors (Lipinski definition) is 5. The smallest absolute Gasteiger partial charge is 0.407 e. The number of rotatable bonds is 6. The van der Waals surface area contributed by atoms with Crippen LogP contribution in [0.15, 0.2) is 48.8 Å². The molecule has 28 heavy (non-hydrogen) atoms. The normalized spacial score (nSPS) is 10.7. The van der Waals surface area contributed by atoms with Gasteiger partial charge in [-0.3, -0.25) is 14.6 Å². The van der Waals surface area contributed by atoms with Gasteiger partial charge in [0.15, 0.2) is 0 Å². The van der Waals surface area contributed by atoms with Crippen molar-refractivity contribution in [1.29, 1.82) is 0 Å². The molecule has 0 atom stereocenters. The molecule has 0 unspecified atom stereocenters. The van der Waals surface area contributed by atoms with Crippen molar-refractivity contribution in [3.63, 3.8) is 0 Å². The number of carbonyl (C=O) groups is 3. The first kappa shape index (κ1) is 20.9. The topological polar surface area (TPSA) is 109 Å². The fraction of sp³-hybridized carbons (Fsp3) is 0.300. The summed E-state index contributed by atoms with van der Waals surface area (Å²) in [5.74, 6) is -0.513. The summed E-state index contributed by atoms with van der Waals surface area (Å²) < 4.78 is 5.09. The molecule has 0 saturated carbocycles. The van der Waals surface area contributed by atoms with Gasteiger partial charge in [-0.25, -0.2) is 4.79 Å².